The van der Waals surface area contributed by atoms with Gasteiger partial charge in [0.1, 0.15) is 6.54 Å². The third-order valence-corrected chi connectivity index (χ3v) is 9.16. The SMILES string of the molecule is O=S(=O)(O)CCC[n+]1ccc(/C=C/c2ccc(-c3ccc(N(c4ccccc4)c4ccccc4)cc3)s2)c2ccccc21. The molecule has 43 heavy (non-hydrogen) atoms. The quantitative estimate of drug-likeness (QED) is 0.126. The van der Waals surface area contributed by atoms with Gasteiger partial charge in [-0.2, -0.15) is 13.0 Å². The maximum Gasteiger partial charge on any atom is 0.265 e. The van der Waals surface area contributed by atoms with E-state index in [-0.39, 0.29) is 5.75 Å². The highest BCUT2D eigenvalue weighted by Gasteiger charge is 2.14. The Bertz CT molecular complexity index is 1930. The van der Waals surface area contributed by atoms with Crippen LogP contribution in [-0.2, 0) is 16.7 Å². The summed E-state index contributed by atoms with van der Waals surface area (Å²) in [5.74, 6) is -0.252. The highest BCUT2D eigenvalue weighted by atomic mass is 32.2. The molecule has 0 fully saturated rings. The van der Waals surface area contributed by atoms with Crippen molar-refractivity contribution < 1.29 is 17.5 Å². The number of para-hydroxylation sites is 3. The Morgan fingerprint density at radius 3 is 2.00 bits per heavy atom. The van der Waals surface area contributed by atoms with Gasteiger partial charge in [0.25, 0.3) is 10.1 Å². The van der Waals surface area contributed by atoms with Crippen molar-refractivity contribution >= 4 is 61.6 Å². The average Bonchev–Trinajstić information content (AvgIpc) is 3.51. The number of benzene rings is 4. The summed E-state index contributed by atoms with van der Waals surface area (Å²) in [5, 5.41) is 1.09. The molecule has 0 atom stereocenters. The summed E-state index contributed by atoms with van der Waals surface area (Å²) in [6.45, 7) is 0.506. The van der Waals surface area contributed by atoms with Crippen molar-refractivity contribution in [1.29, 1.82) is 0 Å². The lowest BCUT2D eigenvalue weighted by Crippen LogP contribution is -2.35. The maximum absolute atomic E-state index is 11.1. The van der Waals surface area contributed by atoms with Crippen LogP contribution in [0.2, 0.25) is 0 Å². The fraction of sp³-hybridized carbons (Fsp3) is 0.0833. The lowest BCUT2D eigenvalue weighted by atomic mass is 10.1. The van der Waals surface area contributed by atoms with Crippen LogP contribution < -0.4 is 9.47 Å². The molecule has 0 amide bonds. The van der Waals surface area contributed by atoms with E-state index in [0.29, 0.717) is 13.0 Å². The standard InChI is InChI=1S/C36H30N2O3S2/c39-43(40,41)27-9-25-37-26-24-28(34-14-7-8-15-35(34)37)18-21-33-22-23-36(42-33)29-16-19-32(20-17-29)38(30-10-3-1-4-11-30)31-12-5-2-6-13-31/h1-8,10-24,26H,9,25,27H2/p+1. The lowest BCUT2D eigenvalue weighted by molar-refractivity contribution is -0.671. The van der Waals surface area contributed by atoms with Gasteiger partial charge < -0.3 is 4.90 Å². The lowest BCUT2D eigenvalue weighted by Gasteiger charge is -2.25. The summed E-state index contributed by atoms with van der Waals surface area (Å²) < 4.78 is 33.4. The maximum atomic E-state index is 11.1. The average molecular weight is 604 g/mol. The molecule has 7 heteroatoms. The Morgan fingerprint density at radius 2 is 1.33 bits per heavy atom. The highest BCUT2D eigenvalue weighted by molar-refractivity contribution is 7.85. The molecule has 6 aromatic rings. The van der Waals surface area contributed by atoms with Crippen LogP contribution in [-0.4, -0.2) is 18.7 Å². The molecule has 0 bridgehead atoms. The summed E-state index contributed by atoms with van der Waals surface area (Å²) in [6.07, 6.45) is 6.58. The highest BCUT2D eigenvalue weighted by Crippen LogP contribution is 2.36. The Hall–Kier alpha value is -4.56. The van der Waals surface area contributed by atoms with E-state index in [9.17, 15) is 8.42 Å². The third kappa shape index (κ3) is 6.92. The Morgan fingerprint density at radius 1 is 0.698 bits per heavy atom. The molecule has 6 rings (SSSR count). The minimum atomic E-state index is -3.97. The van der Waals surface area contributed by atoms with Crippen molar-refractivity contribution in [3.63, 3.8) is 0 Å². The number of hydrogen-bond acceptors (Lipinski definition) is 4. The second kappa shape index (κ2) is 12.8. The Balaban J connectivity index is 1.21. The zero-order valence-corrected chi connectivity index (χ0v) is 25.1. The van der Waals surface area contributed by atoms with E-state index in [1.165, 1.54) is 10.4 Å². The van der Waals surface area contributed by atoms with Crippen molar-refractivity contribution in [2.45, 2.75) is 13.0 Å². The largest absolute Gasteiger partial charge is 0.311 e. The van der Waals surface area contributed by atoms with Crippen molar-refractivity contribution in [3.05, 3.63) is 144 Å². The predicted molar refractivity (Wildman–Crippen MR) is 179 cm³/mol. The normalized spacial score (nSPS) is 11.7. The molecule has 0 aliphatic heterocycles. The van der Waals surface area contributed by atoms with Gasteiger partial charge in [0.05, 0.1) is 11.1 Å². The fourth-order valence-corrected chi connectivity index (χ4v) is 6.62. The van der Waals surface area contributed by atoms with Gasteiger partial charge in [0, 0.05) is 45.4 Å². The molecule has 0 unspecified atom stereocenters. The molecule has 1 N–H and O–H groups in total. The van der Waals surface area contributed by atoms with Crippen LogP contribution in [0.15, 0.2) is 134 Å². The van der Waals surface area contributed by atoms with E-state index in [1.807, 2.05) is 47.2 Å². The zero-order chi connectivity index (χ0) is 29.6. The summed E-state index contributed by atoms with van der Waals surface area (Å²) >= 11 is 1.75. The van der Waals surface area contributed by atoms with Crippen LogP contribution in [0.1, 0.15) is 16.9 Å². The van der Waals surface area contributed by atoms with Crippen LogP contribution in [0.5, 0.6) is 0 Å². The van der Waals surface area contributed by atoms with E-state index < -0.39 is 10.1 Å². The molecule has 2 heterocycles. The van der Waals surface area contributed by atoms with Crippen molar-refractivity contribution in [1.82, 2.24) is 0 Å². The second-order valence-electron chi connectivity index (χ2n) is 10.2. The first-order chi connectivity index (χ1) is 20.9. The number of fused-ring (bicyclic) bond motifs is 1. The molecular weight excluding hydrogens is 573 g/mol. The van der Waals surface area contributed by atoms with E-state index >= 15 is 0 Å². The summed E-state index contributed by atoms with van der Waals surface area (Å²) in [5.41, 5.74) is 6.61. The molecule has 0 saturated carbocycles. The fourth-order valence-electron chi connectivity index (χ4n) is 5.21. The molecule has 0 radical (unpaired) electrons. The van der Waals surface area contributed by atoms with Gasteiger partial charge >= 0.3 is 0 Å². The van der Waals surface area contributed by atoms with Crippen molar-refractivity contribution in [3.8, 4) is 10.4 Å². The number of pyridine rings is 1. The van der Waals surface area contributed by atoms with E-state index in [1.54, 1.807) is 11.3 Å². The van der Waals surface area contributed by atoms with Gasteiger partial charge in [-0.3, -0.25) is 4.55 Å². The molecular formula is C36H31N2O3S2+. The Labute approximate surface area is 256 Å². The third-order valence-electron chi connectivity index (χ3n) is 7.25. The van der Waals surface area contributed by atoms with Crippen LogP contribution in [0.25, 0.3) is 33.5 Å². The summed E-state index contributed by atoms with van der Waals surface area (Å²) in [4.78, 5) is 4.62. The number of aromatic nitrogens is 1. The van der Waals surface area contributed by atoms with Gasteiger partial charge in [0.15, 0.2) is 6.20 Å². The van der Waals surface area contributed by atoms with Gasteiger partial charge in [-0.05, 0) is 71.8 Å². The van der Waals surface area contributed by atoms with Gasteiger partial charge in [-0.15, -0.1) is 11.3 Å². The number of rotatable bonds is 10. The number of hydrogen-bond donors (Lipinski definition) is 1. The molecule has 5 nitrogen and oxygen atoms in total. The number of anilines is 3. The minimum absolute atomic E-state index is 0.252. The van der Waals surface area contributed by atoms with Crippen LogP contribution in [0.3, 0.4) is 0 Å². The smallest absolute Gasteiger partial charge is 0.265 e. The zero-order valence-electron chi connectivity index (χ0n) is 23.5. The predicted octanol–water partition coefficient (Wildman–Crippen LogP) is 8.77. The molecule has 2 aromatic heterocycles. The van der Waals surface area contributed by atoms with E-state index in [2.05, 4.69) is 108 Å². The monoisotopic (exact) mass is 603 g/mol. The topological polar surface area (TPSA) is 61.5 Å². The summed E-state index contributed by atoms with van der Waals surface area (Å²) in [7, 11) is -3.97. The van der Waals surface area contributed by atoms with Gasteiger partial charge in [-0.25, -0.2) is 0 Å². The van der Waals surface area contributed by atoms with Gasteiger partial charge in [-0.1, -0.05) is 66.7 Å². The number of aryl methyl sites for hydroxylation is 1. The first-order valence-corrected chi connectivity index (χ1v) is 16.5. The van der Waals surface area contributed by atoms with E-state index in [4.69, 9.17) is 4.55 Å². The number of nitrogens with zero attached hydrogens (tertiary/aromatic N) is 2. The van der Waals surface area contributed by atoms with Crippen LogP contribution in [0.4, 0.5) is 17.1 Å². The molecule has 4 aromatic carbocycles. The van der Waals surface area contributed by atoms with E-state index in [0.717, 1.165) is 38.4 Å². The minimum Gasteiger partial charge on any atom is -0.311 e. The van der Waals surface area contributed by atoms with Crippen molar-refractivity contribution in [2.24, 2.45) is 0 Å². The van der Waals surface area contributed by atoms with Crippen LogP contribution >= 0.6 is 11.3 Å². The summed E-state index contributed by atoms with van der Waals surface area (Å²) in [6, 6.07) is 43.9. The molecule has 0 saturated heterocycles. The number of thiophene rings is 1. The molecule has 0 aliphatic rings. The molecule has 214 valence electrons. The van der Waals surface area contributed by atoms with Crippen LogP contribution in [0, 0.1) is 0 Å². The second-order valence-corrected chi connectivity index (χ2v) is 12.9. The molecule has 0 aliphatic carbocycles. The van der Waals surface area contributed by atoms with Gasteiger partial charge in [0.2, 0.25) is 5.52 Å². The first kappa shape index (κ1) is 28.6. The first-order valence-electron chi connectivity index (χ1n) is 14.1. The Kier molecular flexibility index (Phi) is 8.47. The molecule has 0 spiro atoms. The van der Waals surface area contributed by atoms with Crippen molar-refractivity contribution in [2.75, 3.05) is 10.7 Å².